The monoisotopic (exact) mass is 356 g/mol. The Balaban J connectivity index is 1.85. The van der Waals surface area contributed by atoms with Crippen LogP contribution in [0, 0.1) is 3.57 Å². The molecule has 1 aromatic carbocycles. The second-order valence-electron chi connectivity index (χ2n) is 5.83. The third kappa shape index (κ3) is 2.39. The number of nitrogens with one attached hydrogen (secondary N) is 1. The molecule has 3 rings (SSSR count). The summed E-state index contributed by atoms with van der Waals surface area (Å²) in [5.74, 6) is 0. The van der Waals surface area contributed by atoms with Gasteiger partial charge in [0, 0.05) is 33.9 Å². The lowest BCUT2D eigenvalue weighted by molar-refractivity contribution is 0.276. The van der Waals surface area contributed by atoms with Crippen LogP contribution in [0.3, 0.4) is 0 Å². The van der Waals surface area contributed by atoms with E-state index in [4.69, 9.17) is 0 Å². The second kappa shape index (κ2) is 5.00. The largest absolute Gasteiger partial charge is 0.366 e. The third-order valence-corrected chi connectivity index (χ3v) is 5.15. The Morgan fingerprint density at radius 2 is 2.11 bits per heavy atom. The van der Waals surface area contributed by atoms with Gasteiger partial charge in [-0.05, 0) is 60.6 Å². The van der Waals surface area contributed by atoms with Crippen molar-refractivity contribution in [2.75, 3.05) is 18.0 Å². The first-order valence-electron chi connectivity index (χ1n) is 6.96. The van der Waals surface area contributed by atoms with Crippen molar-refractivity contribution in [2.24, 2.45) is 0 Å². The Morgan fingerprint density at radius 1 is 1.33 bits per heavy atom. The van der Waals surface area contributed by atoms with Gasteiger partial charge >= 0.3 is 0 Å². The summed E-state index contributed by atoms with van der Waals surface area (Å²) >= 11 is 2.41. The van der Waals surface area contributed by atoms with Gasteiger partial charge in [0.1, 0.15) is 0 Å². The zero-order valence-electron chi connectivity index (χ0n) is 11.0. The van der Waals surface area contributed by atoms with Gasteiger partial charge < -0.3 is 10.2 Å². The van der Waals surface area contributed by atoms with Crippen molar-refractivity contribution in [3.8, 4) is 0 Å². The molecular formula is C15H21IN2. The smallest absolute Gasteiger partial charge is 0.0387 e. The van der Waals surface area contributed by atoms with E-state index in [9.17, 15) is 0 Å². The van der Waals surface area contributed by atoms with E-state index < -0.39 is 0 Å². The summed E-state index contributed by atoms with van der Waals surface area (Å²) < 4.78 is 1.33. The first-order chi connectivity index (χ1) is 8.69. The molecule has 1 saturated heterocycles. The molecule has 1 N–H and O–H groups in total. The molecule has 2 aliphatic rings. The zero-order valence-corrected chi connectivity index (χ0v) is 13.1. The van der Waals surface area contributed by atoms with Gasteiger partial charge in [0.25, 0.3) is 0 Å². The molecule has 0 radical (unpaired) electrons. The van der Waals surface area contributed by atoms with Crippen LogP contribution in [0.4, 0.5) is 5.69 Å². The predicted octanol–water partition coefficient (Wildman–Crippen LogP) is 3.40. The maximum atomic E-state index is 3.82. The molecule has 1 unspecified atom stereocenters. The van der Waals surface area contributed by atoms with Gasteiger partial charge in [-0.15, -0.1) is 0 Å². The first kappa shape index (κ1) is 12.7. The van der Waals surface area contributed by atoms with Crippen LogP contribution in [0.15, 0.2) is 24.3 Å². The highest BCUT2D eigenvalue weighted by molar-refractivity contribution is 14.1. The molecule has 18 heavy (non-hydrogen) atoms. The molecule has 1 heterocycles. The molecule has 2 fully saturated rings. The van der Waals surface area contributed by atoms with Gasteiger partial charge in [-0.3, -0.25) is 0 Å². The Hall–Kier alpha value is -0.290. The number of nitrogens with zero attached hydrogens (tertiary/aromatic N) is 1. The Kier molecular flexibility index (Phi) is 3.54. The molecule has 3 heteroatoms. The van der Waals surface area contributed by atoms with Gasteiger partial charge in [0.2, 0.25) is 0 Å². The van der Waals surface area contributed by atoms with E-state index in [1.807, 2.05) is 0 Å². The van der Waals surface area contributed by atoms with Crippen LogP contribution >= 0.6 is 22.6 Å². The standard InChI is InChI=1S/C15H21IN2/c1-12-10-17-15(7-2-3-8-15)11-18(12)14-6-4-5-13(16)9-14/h4-6,9,12,17H,2-3,7-8,10-11H2,1H3. The summed E-state index contributed by atoms with van der Waals surface area (Å²) in [5.41, 5.74) is 1.79. The molecule has 1 spiro atoms. The Bertz CT molecular complexity index is 426. The van der Waals surface area contributed by atoms with E-state index in [1.54, 1.807) is 0 Å². The fraction of sp³-hybridized carbons (Fsp3) is 0.600. The minimum absolute atomic E-state index is 0.397. The summed E-state index contributed by atoms with van der Waals surface area (Å²) in [6, 6.07) is 9.50. The Labute approximate surface area is 123 Å². The van der Waals surface area contributed by atoms with Crippen LogP contribution in [-0.4, -0.2) is 24.7 Å². The number of anilines is 1. The number of benzene rings is 1. The molecule has 1 aliphatic heterocycles. The van der Waals surface area contributed by atoms with E-state index in [-0.39, 0.29) is 0 Å². The van der Waals surface area contributed by atoms with Crippen molar-refractivity contribution in [3.63, 3.8) is 0 Å². The quantitative estimate of drug-likeness (QED) is 0.776. The molecule has 0 aromatic heterocycles. The summed E-state index contributed by atoms with van der Waals surface area (Å²) in [5, 5.41) is 3.82. The van der Waals surface area contributed by atoms with Crippen LogP contribution in [0.25, 0.3) is 0 Å². The molecule has 98 valence electrons. The topological polar surface area (TPSA) is 15.3 Å². The average Bonchev–Trinajstić information content (AvgIpc) is 2.81. The highest BCUT2D eigenvalue weighted by Crippen LogP contribution is 2.35. The third-order valence-electron chi connectivity index (χ3n) is 4.48. The lowest BCUT2D eigenvalue weighted by Gasteiger charge is -2.46. The van der Waals surface area contributed by atoms with Gasteiger partial charge in [-0.2, -0.15) is 0 Å². The molecule has 0 bridgehead atoms. The highest BCUT2D eigenvalue weighted by Gasteiger charge is 2.39. The zero-order chi connectivity index (χ0) is 12.6. The summed E-state index contributed by atoms with van der Waals surface area (Å²) in [7, 11) is 0. The molecule has 1 atom stereocenters. The van der Waals surface area contributed by atoms with Gasteiger partial charge in [0.15, 0.2) is 0 Å². The second-order valence-corrected chi connectivity index (χ2v) is 7.07. The summed E-state index contributed by atoms with van der Waals surface area (Å²) in [4.78, 5) is 2.60. The maximum absolute atomic E-state index is 3.82. The van der Waals surface area contributed by atoms with Crippen LogP contribution in [0.2, 0.25) is 0 Å². The van der Waals surface area contributed by atoms with Crippen molar-refractivity contribution in [3.05, 3.63) is 27.8 Å². The van der Waals surface area contributed by atoms with E-state index in [0.29, 0.717) is 11.6 Å². The molecule has 2 nitrogen and oxygen atoms in total. The normalized spacial score (nSPS) is 26.8. The maximum Gasteiger partial charge on any atom is 0.0387 e. The van der Waals surface area contributed by atoms with Gasteiger partial charge in [-0.25, -0.2) is 0 Å². The number of piperazine rings is 1. The number of hydrogen-bond donors (Lipinski definition) is 1. The number of rotatable bonds is 1. The SMILES string of the molecule is CC1CNC2(CCCC2)CN1c1cccc(I)c1. The van der Waals surface area contributed by atoms with Crippen molar-refractivity contribution in [1.82, 2.24) is 5.32 Å². The van der Waals surface area contributed by atoms with Crippen molar-refractivity contribution in [2.45, 2.75) is 44.2 Å². The highest BCUT2D eigenvalue weighted by atomic mass is 127. The number of hydrogen-bond acceptors (Lipinski definition) is 2. The molecule has 0 amide bonds. The van der Waals surface area contributed by atoms with Crippen LogP contribution < -0.4 is 10.2 Å². The minimum Gasteiger partial charge on any atom is -0.366 e. The van der Waals surface area contributed by atoms with Crippen LogP contribution in [0.1, 0.15) is 32.6 Å². The Morgan fingerprint density at radius 3 is 2.83 bits per heavy atom. The van der Waals surface area contributed by atoms with Crippen LogP contribution in [-0.2, 0) is 0 Å². The van der Waals surface area contributed by atoms with Gasteiger partial charge in [0.05, 0.1) is 0 Å². The molecule has 1 aliphatic carbocycles. The first-order valence-corrected chi connectivity index (χ1v) is 8.04. The lowest BCUT2D eigenvalue weighted by Crippen LogP contribution is -2.62. The van der Waals surface area contributed by atoms with E-state index in [2.05, 4.69) is 64.0 Å². The molecule has 1 aromatic rings. The van der Waals surface area contributed by atoms with Crippen molar-refractivity contribution in [1.29, 1.82) is 0 Å². The summed E-state index contributed by atoms with van der Waals surface area (Å²) in [6.07, 6.45) is 5.48. The molecule has 1 saturated carbocycles. The van der Waals surface area contributed by atoms with E-state index in [1.165, 1.54) is 41.5 Å². The fourth-order valence-electron chi connectivity index (χ4n) is 3.40. The van der Waals surface area contributed by atoms with Crippen molar-refractivity contribution < 1.29 is 0 Å². The van der Waals surface area contributed by atoms with Gasteiger partial charge in [-0.1, -0.05) is 18.9 Å². The van der Waals surface area contributed by atoms with E-state index >= 15 is 0 Å². The van der Waals surface area contributed by atoms with Crippen molar-refractivity contribution >= 4 is 28.3 Å². The van der Waals surface area contributed by atoms with E-state index in [0.717, 1.165) is 6.54 Å². The predicted molar refractivity (Wildman–Crippen MR) is 85.2 cm³/mol. The summed E-state index contributed by atoms with van der Waals surface area (Å²) in [6.45, 7) is 4.62. The lowest BCUT2D eigenvalue weighted by atomic mass is 9.92. The van der Waals surface area contributed by atoms with Crippen LogP contribution in [0.5, 0.6) is 0 Å². The minimum atomic E-state index is 0.397. The average molecular weight is 356 g/mol. The number of halogens is 1. The molecular weight excluding hydrogens is 335 g/mol. The fourth-order valence-corrected chi connectivity index (χ4v) is 3.93.